The molecular formula is C17H23N5O. The minimum absolute atomic E-state index is 0.0487. The van der Waals surface area contributed by atoms with Crippen LogP contribution in [-0.4, -0.2) is 29.2 Å². The fraction of sp³-hybridized carbons (Fsp3) is 0.412. The molecule has 0 radical (unpaired) electrons. The zero-order valence-electron chi connectivity index (χ0n) is 13.5. The zero-order valence-corrected chi connectivity index (χ0v) is 13.5. The van der Waals surface area contributed by atoms with E-state index in [1.165, 1.54) is 0 Å². The molecule has 23 heavy (non-hydrogen) atoms. The van der Waals surface area contributed by atoms with Crippen molar-refractivity contribution in [1.82, 2.24) is 21.3 Å². The summed E-state index contributed by atoms with van der Waals surface area (Å²) in [6.45, 7) is 4.27. The van der Waals surface area contributed by atoms with Gasteiger partial charge in [0, 0.05) is 41.2 Å². The highest BCUT2D eigenvalue weighted by molar-refractivity contribution is 5.99. The van der Waals surface area contributed by atoms with Gasteiger partial charge in [0.15, 0.2) is 0 Å². The molecule has 2 atom stereocenters. The molecule has 1 aromatic carbocycles. The Balaban J connectivity index is 1.51. The van der Waals surface area contributed by atoms with E-state index in [9.17, 15) is 4.79 Å². The predicted molar refractivity (Wildman–Crippen MR) is 92.0 cm³/mol. The van der Waals surface area contributed by atoms with Gasteiger partial charge in [0.2, 0.25) is 5.91 Å². The van der Waals surface area contributed by atoms with Gasteiger partial charge < -0.3 is 4.98 Å². The summed E-state index contributed by atoms with van der Waals surface area (Å²) in [4.78, 5) is 15.1. The molecule has 2 unspecified atom stereocenters. The van der Waals surface area contributed by atoms with E-state index in [0.717, 1.165) is 22.9 Å². The minimum Gasteiger partial charge on any atom is -0.361 e. The lowest BCUT2D eigenvalue weighted by atomic mass is 9.91. The van der Waals surface area contributed by atoms with Crippen molar-refractivity contribution >= 4 is 23.0 Å². The fourth-order valence-electron chi connectivity index (χ4n) is 3.14. The minimum atomic E-state index is -0.0487. The van der Waals surface area contributed by atoms with Gasteiger partial charge in [-0.15, -0.1) is 0 Å². The number of benzene rings is 1. The molecule has 1 fully saturated rings. The number of hydrazone groups is 1. The van der Waals surface area contributed by atoms with Crippen LogP contribution in [0.4, 0.5) is 0 Å². The molecule has 1 aromatic heterocycles. The van der Waals surface area contributed by atoms with Crippen LogP contribution in [-0.2, 0) is 4.79 Å². The SMILES string of the molecule is CC1NNC(C)C1CCC(=O)N/N=C/c1c[nH]c2ccccc12. The van der Waals surface area contributed by atoms with Gasteiger partial charge in [-0.1, -0.05) is 18.2 Å². The largest absolute Gasteiger partial charge is 0.361 e. The van der Waals surface area contributed by atoms with Gasteiger partial charge in [0.1, 0.15) is 0 Å². The Morgan fingerprint density at radius 3 is 2.78 bits per heavy atom. The highest BCUT2D eigenvalue weighted by atomic mass is 16.2. The summed E-state index contributed by atoms with van der Waals surface area (Å²) in [5, 5.41) is 5.17. The molecule has 0 spiro atoms. The van der Waals surface area contributed by atoms with Crippen LogP contribution in [0.1, 0.15) is 32.3 Å². The van der Waals surface area contributed by atoms with Crippen molar-refractivity contribution in [2.45, 2.75) is 38.8 Å². The Labute approximate surface area is 135 Å². The molecule has 0 saturated carbocycles. The van der Waals surface area contributed by atoms with Gasteiger partial charge in [-0.3, -0.25) is 15.6 Å². The van der Waals surface area contributed by atoms with Crippen molar-refractivity contribution in [3.05, 3.63) is 36.0 Å². The standard InChI is InChI=1S/C17H23N5O/c1-11-14(12(2)21-20-11)7-8-17(23)22-19-10-13-9-18-16-6-4-3-5-15(13)16/h3-6,9-12,14,18,20-21H,7-8H2,1-2H3,(H,22,23)/b19-10+. The van der Waals surface area contributed by atoms with Crippen molar-refractivity contribution in [1.29, 1.82) is 0 Å². The maximum Gasteiger partial charge on any atom is 0.240 e. The number of rotatable bonds is 5. The molecule has 2 aromatic rings. The number of amides is 1. The molecule has 1 saturated heterocycles. The third-order valence-electron chi connectivity index (χ3n) is 4.54. The van der Waals surface area contributed by atoms with Gasteiger partial charge in [-0.05, 0) is 32.3 Å². The number of nitrogens with one attached hydrogen (secondary N) is 4. The first-order valence-electron chi connectivity index (χ1n) is 8.04. The van der Waals surface area contributed by atoms with Crippen LogP contribution >= 0.6 is 0 Å². The molecule has 3 rings (SSSR count). The van der Waals surface area contributed by atoms with Crippen LogP contribution in [0, 0.1) is 5.92 Å². The second kappa shape index (κ2) is 6.93. The Morgan fingerprint density at radius 1 is 1.26 bits per heavy atom. The summed E-state index contributed by atoms with van der Waals surface area (Å²) in [7, 11) is 0. The summed E-state index contributed by atoms with van der Waals surface area (Å²) in [5.74, 6) is 0.408. The van der Waals surface area contributed by atoms with Gasteiger partial charge >= 0.3 is 0 Å². The molecule has 122 valence electrons. The smallest absolute Gasteiger partial charge is 0.240 e. The van der Waals surface area contributed by atoms with E-state index in [-0.39, 0.29) is 5.91 Å². The molecule has 0 aliphatic carbocycles. The predicted octanol–water partition coefficient (Wildman–Crippen LogP) is 1.90. The van der Waals surface area contributed by atoms with Crippen molar-refractivity contribution in [2.75, 3.05) is 0 Å². The van der Waals surface area contributed by atoms with Gasteiger partial charge in [0.05, 0.1) is 6.21 Å². The first-order chi connectivity index (χ1) is 11.1. The third kappa shape index (κ3) is 3.60. The number of aromatic nitrogens is 1. The van der Waals surface area contributed by atoms with Crippen LogP contribution in [0.5, 0.6) is 0 Å². The second-order valence-electron chi connectivity index (χ2n) is 6.15. The Hall–Kier alpha value is -2.18. The van der Waals surface area contributed by atoms with E-state index in [2.05, 4.69) is 40.2 Å². The molecule has 1 aliphatic heterocycles. The highest BCUT2D eigenvalue weighted by Crippen LogP contribution is 2.20. The normalized spacial score (nSPS) is 24.5. The summed E-state index contributed by atoms with van der Waals surface area (Å²) in [5.41, 5.74) is 11.1. The Morgan fingerprint density at radius 2 is 2.00 bits per heavy atom. The first-order valence-corrected chi connectivity index (χ1v) is 8.04. The van der Waals surface area contributed by atoms with Crippen LogP contribution in [0.2, 0.25) is 0 Å². The number of fused-ring (bicyclic) bond motifs is 1. The van der Waals surface area contributed by atoms with Crippen molar-refractivity contribution < 1.29 is 4.79 Å². The maximum absolute atomic E-state index is 11.9. The summed E-state index contributed by atoms with van der Waals surface area (Å²) < 4.78 is 0. The molecule has 2 heterocycles. The Kier molecular flexibility index (Phi) is 4.73. The van der Waals surface area contributed by atoms with E-state index >= 15 is 0 Å². The van der Waals surface area contributed by atoms with E-state index in [1.54, 1.807) is 6.21 Å². The summed E-state index contributed by atoms with van der Waals surface area (Å²) in [6, 6.07) is 8.77. The van der Waals surface area contributed by atoms with Crippen LogP contribution in [0.25, 0.3) is 10.9 Å². The van der Waals surface area contributed by atoms with E-state index in [1.807, 2.05) is 30.5 Å². The zero-order chi connectivity index (χ0) is 16.2. The van der Waals surface area contributed by atoms with Gasteiger partial charge in [-0.25, -0.2) is 5.43 Å². The van der Waals surface area contributed by atoms with Crippen molar-refractivity contribution in [2.24, 2.45) is 11.0 Å². The average Bonchev–Trinajstić information content (AvgIpc) is 3.10. The number of hydrogen-bond donors (Lipinski definition) is 4. The monoisotopic (exact) mass is 313 g/mol. The molecular weight excluding hydrogens is 290 g/mol. The fourth-order valence-corrected chi connectivity index (χ4v) is 3.14. The quantitative estimate of drug-likeness (QED) is 0.503. The number of carbonyl (C=O) groups is 1. The number of carbonyl (C=O) groups excluding carboxylic acids is 1. The van der Waals surface area contributed by atoms with Crippen LogP contribution in [0.3, 0.4) is 0 Å². The number of hydrazine groups is 1. The second-order valence-corrected chi connectivity index (χ2v) is 6.15. The molecule has 1 aliphatic rings. The lowest BCUT2D eigenvalue weighted by Crippen LogP contribution is -2.30. The Bertz CT molecular complexity index is 698. The molecule has 1 amide bonds. The van der Waals surface area contributed by atoms with Crippen LogP contribution < -0.4 is 16.3 Å². The highest BCUT2D eigenvalue weighted by Gasteiger charge is 2.29. The number of nitrogens with zero attached hydrogens (tertiary/aromatic N) is 1. The molecule has 6 heteroatoms. The van der Waals surface area contributed by atoms with Crippen molar-refractivity contribution in [3.63, 3.8) is 0 Å². The lowest BCUT2D eigenvalue weighted by molar-refractivity contribution is -0.121. The number of H-pyrrole nitrogens is 1. The lowest BCUT2D eigenvalue weighted by Gasteiger charge is -2.16. The van der Waals surface area contributed by atoms with Gasteiger partial charge in [-0.2, -0.15) is 5.10 Å². The van der Waals surface area contributed by atoms with Crippen LogP contribution in [0.15, 0.2) is 35.6 Å². The number of hydrogen-bond acceptors (Lipinski definition) is 4. The third-order valence-corrected chi connectivity index (χ3v) is 4.54. The number of para-hydroxylation sites is 1. The van der Waals surface area contributed by atoms with E-state index < -0.39 is 0 Å². The van der Waals surface area contributed by atoms with Crippen molar-refractivity contribution in [3.8, 4) is 0 Å². The van der Waals surface area contributed by atoms with E-state index in [4.69, 9.17) is 0 Å². The summed E-state index contributed by atoms with van der Waals surface area (Å²) in [6.07, 6.45) is 4.89. The summed E-state index contributed by atoms with van der Waals surface area (Å²) >= 11 is 0. The van der Waals surface area contributed by atoms with E-state index in [0.29, 0.717) is 24.4 Å². The first kappa shape index (κ1) is 15.7. The maximum atomic E-state index is 11.9. The molecule has 4 N–H and O–H groups in total. The molecule has 6 nitrogen and oxygen atoms in total. The van der Waals surface area contributed by atoms with Gasteiger partial charge in [0.25, 0.3) is 0 Å². The average molecular weight is 313 g/mol. The molecule has 0 bridgehead atoms. The topological polar surface area (TPSA) is 81.3 Å². The number of aromatic amines is 1.